The van der Waals surface area contributed by atoms with Crippen LogP contribution in [0.15, 0.2) is 59.7 Å². The highest BCUT2D eigenvalue weighted by Crippen LogP contribution is 2.11. The molecule has 0 atom stereocenters. The van der Waals surface area contributed by atoms with Gasteiger partial charge in [0.25, 0.3) is 0 Å². The number of rotatable bonds is 6. The van der Waals surface area contributed by atoms with Crippen LogP contribution in [0, 0.1) is 0 Å². The van der Waals surface area contributed by atoms with Crippen LogP contribution in [0.25, 0.3) is 0 Å². The number of benzene rings is 2. The fraction of sp³-hybridized carbons (Fsp3) is 0.118. The fourth-order valence-corrected chi connectivity index (χ4v) is 1.87. The summed E-state index contributed by atoms with van der Waals surface area (Å²) in [5.41, 5.74) is 4.48. The molecule has 2 N–H and O–H groups in total. The molecule has 0 bridgehead atoms. The summed E-state index contributed by atoms with van der Waals surface area (Å²) in [4.78, 5) is 11.0. The van der Waals surface area contributed by atoms with E-state index in [4.69, 9.17) is 17.0 Å². The molecule has 6 nitrogen and oxygen atoms in total. The summed E-state index contributed by atoms with van der Waals surface area (Å²) in [6.45, 7) is -0.120. The van der Waals surface area contributed by atoms with Gasteiger partial charge in [-0.25, -0.2) is 4.79 Å². The maximum absolute atomic E-state index is 11.0. The summed E-state index contributed by atoms with van der Waals surface area (Å²) in [6, 6.07) is 16.7. The van der Waals surface area contributed by atoms with Gasteiger partial charge >= 0.3 is 5.97 Å². The van der Waals surface area contributed by atoms with E-state index in [0.717, 1.165) is 11.3 Å². The molecular formula is C17H17N3O3S. The Balaban J connectivity index is 1.79. The fourth-order valence-electron chi connectivity index (χ4n) is 1.70. The molecule has 0 aromatic heterocycles. The lowest BCUT2D eigenvalue weighted by atomic mass is 10.2. The Kier molecular flexibility index (Phi) is 6.73. The van der Waals surface area contributed by atoms with E-state index in [1.165, 1.54) is 7.11 Å². The Morgan fingerprint density at radius 2 is 1.88 bits per heavy atom. The van der Waals surface area contributed by atoms with E-state index < -0.39 is 5.97 Å². The summed E-state index contributed by atoms with van der Waals surface area (Å²) in [6.07, 6.45) is 1.63. The summed E-state index contributed by atoms with van der Waals surface area (Å²) in [5, 5.41) is 7.47. The maximum atomic E-state index is 11.0. The van der Waals surface area contributed by atoms with Crippen molar-refractivity contribution in [3.8, 4) is 5.75 Å². The smallest absolute Gasteiger partial charge is 0.343 e. The molecule has 7 heteroatoms. The normalized spacial score (nSPS) is 10.2. The highest BCUT2D eigenvalue weighted by Gasteiger charge is 2.01. The van der Waals surface area contributed by atoms with Gasteiger partial charge in [0.1, 0.15) is 5.75 Å². The van der Waals surface area contributed by atoms with Crippen molar-refractivity contribution in [2.75, 3.05) is 19.0 Å². The predicted octanol–water partition coefficient (Wildman–Crippen LogP) is 2.56. The van der Waals surface area contributed by atoms with Crippen molar-refractivity contribution in [2.24, 2.45) is 5.10 Å². The number of methoxy groups -OCH3 is 1. The Labute approximate surface area is 145 Å². The highest BCUT2D eigenvalue weighted by atomic mass is 32.1. The van der Waals surface area contributed by atoms with Crippen LogP contribution >= 0.6 is 12.2 Å². The molecule has 0 aliphatic rings. The van der Waals surface area contributed by atoms with Crippen LogP contribution in [0.3, 0.4) is 0 Å². The molecule has 0 heterocycles. The standard InChI is InChI=1S/C17H17N3O3S/c1-22-16(21)12-23-15-9-7-13(8-10-15)11-18-20-17(24)19-14-5-3-2-4-6-14/h2-11H,12H2,1H3,(H2,19,20,24). The highest BCUT2D eigenvalue weighted by molar-refractivity contribution is 7.80. The molecule has 124 valence electrons. The number of carbonyl (C=O) groups is 1. The van der Waals surface area contributed by atoms with E-state index in [0.29, 0.717) is 10.9 Å². The topological polar surface area (TPSA) is 72.0 Å². The molecule has 0 saturated carbocycles. The maximum Gasteiger partial charge on any atom is 0.343 e. The molecule has 0 aliphatic carbocycles. The molecule has 0 amide bonds. The number of para-hydroxylation sites is 1. The van der Waals surface area contributed by atoms with Gasteiger partial charge in [-0.15, -0.1) is 0 Å². The molecule has 0 aliphatic heterocycles. The van der Waals surface area contributed by atoms with E-state index in [-0.39, 0.29) is 6.61 Å². The summed E-state index contributed by atoms with van der Waals surface area (Å²) >= 11 is 5.14. The van der Waals surface area contributed by atoms with Gasteiger partial charge in [-0.2, -0.15) is 5.10 Å². The van der Waals surface area contributed by atoms with Gasteiger partial charge in [0.2, 0.25) is 0 Å². The van der Waals surface area contributed by atoms with Gasteiger partial charge < -0.3 is 14.8 Å². The van der Waals surface area contributed by atoms with Crippen molar-refractivity contribution < 1.29 is 14.3 Å². The first-order chi connectivity index (χ1) is 11.7. The minimum absolute atomic E-state index is 0.120. The number of hydrogen-bond donors (Lipinski definition) is 2. The van der Waals surface area contributed by atoms with Gasteiger partial charge in [0.15, 0.2) is 11.7 Å². The van der Waals surface area contributed by atoms with E-state index in [2.05, 4.69) is 20.6 Å². The molecule has 2 aromatic carbocycles. The first-order valence-corrected chi connectivity index (χ1v) is 7.53. The number of nitrogens with zero attached hydrogens (tertiary/aromatic N) is 1. The van der Waals surface area contributed by atoms with Crippen molar-refractivity contribution >= 4 is 35.2 Å². The Morgan fingerprint density at radius 3 is 2.54 bits per heavy atom. The third-order valence-electron chi connectivity index (χ3n) is 2.88. The molecule has 2 aromatic rings. The average Bonchev–Trinajstić information content (AvgIpc) is 2.61. The number of hydrogen-bond acceptors (Lipinski definition) is 5. The SMILES string of the molecule is COC(=O)COc1ccc(C=NNC(=S)Nc2ccccc2)cc1. The van der Waals surface area contributed by atoms with Crippen molar-refractivity contribution in [1.29, 1.82) is 0 Å². The van der Waals surface area contributed by atoms with Crippen LogP contribution < -0.4 is 15.5 Å². The van der Waals surface area contributed by atoms with E-state index in [1.807, 2.05) is 42.5 Å². The monoisotopic (exact) mass is 343 g/mol. The van der Waals surface area contributed by atoms with Crippen molar-refractivity contribution in [3.05, 3.63) is 60.2 Å². The molecule has 0 radical (unpaired) electrons. The number of thiocarbonyl (C=S) groups is 1. The summed E-state index contributed by atoms with van der Waals surface area (Å²) in [7, 11) is 1.31. The Bertz CT molecular complexity index is 703. The number of ether oxygens (including phenoxy) is 2. The lowest BCUT2D eigenvalue weighted by Gasteiger charge is -2.06. The minimum atomic E-state index is -0.427. The van der Waals surface area contributed by atoms with Crippen LogP contribution in [0.1, 0.15) is 5.56 Å². The number of carbonyl (C=O) groups excluding carboxylic acids is 1. The second-order valence-corrected chi connectivity index (χ2v) is 5.03. The molecule has 24 heavy (non-hydrogen) atoms. The molecule has 0 spiro atoms. The van der Waals surface area contributed by atoms with Crippen LogP contribution in [-0.2, 0) is 9.53 Å². The molecule has 2 rings (SSSR count). The predicted molar refractivity (Wildman–Crippen MR) is 97.3 cm³/mol. The number of anilines is 1. The van der Waals surface area contributed by atoms with Crippen molar-refractivity contribution in [2.45, 2.75) is 0 Å². The van der Waals surface area contributed by atoms with Crippen LogP contribution in [0.4, 0.5) is 5.69 Å². The van der Waals surface area contributed by atoms with Gasteiger partial charge in [0.05, 0.1) is 13.3 Å². The van der Waals surface area contributed by atoms with Gasteiger partial charge in [-0.1, -0.05) is 18.2 Å². The second kappa shape index (κ2) is 9.26. The zero-order valence-electron chi connectivity index (χ0n) is 13.1. The first kappa shape index (κ1) is 17.4. The molecule has 0 saturated heterocycles. The lowest BCUT2D eigenvalue weighted by Crippen LogP contribution is -2.23. The van der Waals surface area contributed by atoms with Crippen LogP contribution in [0.2, 0.25) is 0 Å². The van der Waals surface area contributed by atoms with E-state index in [9.17, 15) is 4.79 Å². The lowest BCUT2D eigenvalue weighted by molar-refractivity contribution is -0.142. The second-order valence-electron chi connectivity index (χ2n) is 4.62. The first-order valence-electron chi connectivity index (χ1n) is 7.12. The molecule has 0 unspecified atom stereocenters. The number of hydrazone groups is 1. The van der Waals surface area contributed by atoms with Crippen LogP contribution in [0.5, 0.6) is 5.75 Å². The Morgan fingerprint density at radius 1 is 1.17 bits per heavy atom. The van der Waals surface area contributed by atoms with Crippen molar-refractivity contribution in [1.82, 2.24) is 5.43 Å². The molecule has 0 fully saturated rings. The van der Waals surface area contributed by atoms with Gasteiger partial charge in [-0.05, 0) is 54.2 Å². The minimum Gasteiger partial charge on any atom is -0.482 e. The van der Waals surface area contributed by atoms with Crippen LogP contribution in [-0.4, -0.2) is 31.0 Å². The summed E-state index contributed by atoms with van der Waals surface area (Å²) < 4.78 is 9.76. The number of nitrogens with one attached hydrogen (secondary N) is 2. The third kappa shape index (κ3) is 6.05. The third-order valence-corrected chi connectivity index (χ3v) is 3.07. The van der Waals surface area contributed by atoms with E-state index >= 15 is 0 Å². The van der Waals surface area contributed by atoms with Gasteiger partial charge in [-0.3, -0.25) is 5.43 Å². The van der Waals surface area contributed by atoms with E-state index in [1.54, 1.807) is 18.3 Å². The number of esters is 1. The molecular weight excluding hydrogens is 326 g/mol. The largest absolute Gasteiger partial charge is 0.482 e. The zero-order valence-corrected chi connectivity index (χ0v) is 13.9. The average molecular weight is 343 g/mol. The quantitative estimate of drug-likeness (QED) is 0.363. The van der Waals surface area contributed by atoms with Crippen molar-refractivity contribution in [3.63, 3.8) is 0 Å². The Hall–Kier alpha value is -2.93. The summed E-state index contributed by atoms with van der Waals surface area (Å²) in [5.74, 6) is 0.149. The zero-order chi connectivity index (χ0) is 17.2. The van der Waals surface area contributed by atoms with Gasteiger partial charge in [0, 0.05) is 5.69 Å².